The normalized spacial score (nSPS) is 11.1. The van der Waals surface area contributed by atoms with Crippen LogP contribution in [0.3, 0.4) is 0 Å². The van der Waals surface area contributed by atoms with Crippen molar-refractivity contribution in [3.63, 3.8) is 0 Å². The van der Waals surface area contributed by atoms with E-state index in [4.69, 9.17) is 0 Å². The molecule has 0 saturated heterocycles. The van der Waals surface area contributed by atoms with Crippen LogP contribution >= 0.6 is 0 Å². The van der Waals surface area contributed by atoms with Crippen molar-refractivity contribution in [2.24, 2.45) is 5.92 Å². The first-order valence-corrected chi connectivity index (χ1v) is 7.64. The molecule has 3 rings (SSSR count). The van der Waals surface area contributed by atoms with E-state index in [1.807, 2.05) is 30.3 Å². The number of benzene rings is 2. The van der Waals surface area contributed by atoms with Gasteiger partial charge in [-0.1, -0.05) is 56.3 Å². The number of rotatable bonds is 4. The van der Waals surface area contributed by atoms with Gasteiger partial charge in [-0.05, 0) is 24.0 Å². The second-order valence-electron chi connectivity index (χ2n) is 6.01. The second-order valence-corrected chi connectivity index (χ2v) is 6.01. The van der Waals surface area contributed by atoms with E-state index in [1.165, 1.54) is 5.56 Å². The lowest BCUT2D eigenvalue weighted by Crippen LogP contribution is -2.04. The van der Waals surface area contributed by atoms with E-state index in [0.29, 0.717) is 22.6 Å². The zero-order valence-electron chi connectivity index (χ0n) is 13.2. The predicted molar refractivity (Wildman–Crippen MR) is 90.5 cm³/mol. The van der Waals surface area contributed by atoms with E-state index >= 15 is 0 Å². The molecule has 0 saturated carbocycles. The molecule has 2 aromatic carbocycles. The van der Waals surface area contributed by atoms with Crippen LogP contribution in [0.1, 0.15) is 29.9 Å². The van der Waals surface area contributed by atoms with Crippen LogP contribution in [0, 0.1) is 5.92 Å². The van der Waals surface area contributed by atoms with Gasteiger partial charge in [0.05, 0.1) is 5.52 Å². The molecule has 0 spiro atoms. The topological polar surface area (TPSA) is 63.1 Å². The molecule has 4 nitrogen and oxygen atoms in total. The molecule has 0 amide bonds. The number of aromatic carboxylic acids is 1. The summed E-state index contributed by atoms with van der Waals surface area (Å²) < 4.78 is 0. The van der Waals surface area contributed by atoms with Crippen molar-refractivity contribution in [1.82, 2.24) is 9.97 Å². The summed E-state index contributed by atoms with van der Waals surface area (Å²) in [4.78, 5) is 20.2. The summed E-state index contributed by atoms with van der Waals surface area (Å²) in [5.74, 6) is -0.00476. The van der Waals surface area contributed by atoms with Gasteiger partial charge >= 0.3 is 5.97 Å². The molecule has 0 atom stereocenters. The summed E-state index contributed by atoms with van der Waals surface area (Å²) in [7, 11) is 0. The molecule has 0 aliphatic carbocycles. The Morgan fingerprint density at radius 1 is 1.04 bits per heavy atom. The maximum Gasteiger partial charge on any atom is 0.355 e. The van der Waals surface area contributed by atoms with Crippen molar-refractivity contribution in [3.8, 4) is 11.4 Å². The molecule has 0 fully saturated rings. The number of para-hydroxylation sites is 1. The number of hydrogen-bond acceptors (Lipinski definition) is 3. The average Bonchev–Trinajstić information content (AvgIpc) is 2.54. The minimum atomic E-state index is -1.04. The summed E-state index contributed by atoms with van der Waals surface area (Å²) in [6.45, 7) is 4.36. The standard InChI is InChI=1S/C19H18N2O2/c1-12(2)11-13-7-9-14(10-8-13)18-20-16-6-4-3-5-15(16)17(21-18)19(22)23/h3-10,12H,11H2,1-2H3,(H,22,23). The lowest BCUT2D eigenvalue weighted by atomic mass is 10.0. The number of hydrogen-bond donors (Lipinski definition) is 1. The molecular weight excluding hydrogens is 288 g/mol. The minimum Gasteiger partial charge on any atom is -0.476 e. The maximum absolute atomic E-state index is 11.5. The highest BCUT2D eigenvalue weighted by atomic mass is 16.4. The van der Waals surface area contributed by atoms with Crippen LogP contribution in [0.4, 0.5) is 0 Å². The SMILES string of the molecule is CC(C)Cc1ccc(-c2nc(C(=O)O)c3ccccc3n2)cc1. The first-order chi connectivity index (χ1) is 11.0. The van der Waals surface area contributed by atoms with E-state index in [1.54, 1.807) is 18.2 Å². The number of fused-ring (bicyclic) bond motifs is 1. The molecule has 4 heteroatoms. The van der Waals surface area contributed by atoms with Crippen LogP contribution in [0.2, 0.25) is 0 Å². The number of aromatic nitrogens is 2. The van der Waals surface area contributed by atoms with Gasteiger partial charge in [0.2, 0.25) is 0 Å². The molecule has 0 aliphatic rings. The fraction of sp³-hybridized carbons (Fsp3) is 0.211. The van der Waals surface area contributed by atoms with Gasteiger partial charge in [0.1, 0.15) is 0 Å². The third kappa shape index (κ3) is 3.21. The van der Waals surface area contributed by atoms with E-state index in [0.717, 1.165) is 12.0 Å². The van der Waals surface area contributed by atoms with Gasteiger partial charge in [-0.2, -0.15) is 0 Å². The molecule has 0 bridgehead atoms. The van der Waals surface area contributed by atoms with Crippen molar-refractivity contribution < 1.29 is 9.90 Å². The van der Waals surface area contributed by atoms with Crippen LogP contribution in [-0.4, -0.2) is 21.0 Å². The van der Waals surface area contributed by atoms with E-state index in [2.05, 4.69) is 23.8 Å². The maximum atomic E-state index is 11.5. The Bertz CT molecular complexity index is 855. The highest BCUT2D eigenvalue weighted by molar-refractivity contribution is 6.01. The molecule has 0 unspecified atom stereocenters. The van der Waals surface area contributed by atoms with Crippen molar-refractivity contribution in [2.45, 2.75) is 20.3 Å². The molecule has 116 valence electrons. The molecule has 3 aromatic rings. The van der Waals surface area contributed by atoms with Crippen LogP contribution in [-0.2, 0) is 6.42 Å². The predicted octanol–water partition coefficient (Wildman–Crippen LogP) is 4.19. The van der Waals surface area contributed by atoms with Gasteiger partial charge in [0.25, 0.3) is 0 Å². The Morgan fingerprint density at radius 3 is 2.39 bits per heavy atom. The third-order valence-electron chi connectivity index (χ3n) is 3.66. The quantitative estimate of drug-likeness (QED) is 0.785. The lowest BCUT2D eigenvalue weighted by molar-refractivity contribution is 0.0693. The van der Waals surface area contributed by atoms with Gasteiger partial charge in [0.15, 0.2) is 11.5 Å². The van der Waals surface area contributed by atoms with Crippen molar-refractivity contribution in [2.75, 3.05) is 0 Å². The molecule has 0 aliphatic heterocycles. The summed E-state index contributed by atoms with van der Waals surface area (Å²) in [6, 6.07) is 15.2. The van der Waals surface area contributed by atoms with Crippen LogP contribution in [0.25, 0.3) is 22.3 Å². The van der Waals surface area contributed by atoms with E-state index < -0.39 is 5.97 Å². The molecule has 0 radical (unpaired) electrons. The van der Waals surface area contributed by atoms with Crippen LogP contribution in [0.5, 0.6) is 0 Å². The van der Waals surface area contributed by atoms with Crippen molar-refractivity contribution >= 4 is 16.9 Å². The van der Waals surface area contributed by atoms with Crippen molar-refractivity contribution in [1.29, 1.82) is 0 Å². The smallest absolute Gasteiger partial charge is 0.355 e. The first-order valence-electron chi connectivity index (χ1n) is 7.64. The highest BCUT2D eigenvalue weighted by Gasteiger charge is 2.14. The van der Waals surface area contributed by atoms with Crippen LogP contribution < -0.4 is 0 Å². The number of carboxylic acids is 1. The largest absolute Gasteiger partial charge is 0.476 e. The van der Waals surface area contributed by atoms with Gasteiger partial charge in [-0.3, -0.25) is 0 Å². The van der Waals surface area contributed by atoms with Crippen molar-refractivity contribution in [3.05, 3.63) is 59.8 Å². The molecule has 23 heavy (non-hydrogen) atoms. The Morgan fingerprint density at radius 2 is 1.74 bits per heavy atom. The fourth-order valence-electron chi connectivity index (χ4n) is 2.63. The zero-order valence-corrected chi connectivity index (χ0v) is 13.2. The zero-order chi connectivity index (χ0) is 16.4. The Balaban J connectivity index is 2.07. The van der Waals surface area contributed by atoms with Gasteiger partial charge in [0, 0.05) is 10.9 Å². The molecule has 1 heterocycles. The third-order valence-corrected chi connectivity index (χ3v) is 3.66. The fourth-order valence-corrected chi connectivity index (χ4v) is 2.63. The number of carbonyl (C=O) groups is 1. The Hall–Kier alpha value is -2.75. The minimum absolute atomic E-state index is 0.0388. The molecule has 1 aromatic heterocycles. The highest BCUT2D eigenvalue weighted by Crippen LogP contribution is 2.22. The average molecular weight is 306 g/mol. The summed E-state index contributed by atoms with van der Waals surface area (Å²) in [5.41, 5.74) is 2.76. The Labute approximate surface area is 134 Å². The second kappa shape index (κ2) is 6.16. The molecule has 1 N–H and O–H groups in total. The first kappa shape index (κ1) is 15.2. The van der Waals surface area contributed by atoms with Gasteiger partial charge < -0.3 is 5.11 Å². The molecular formula is C19H18N2O2. The Kier molecular flexibility index (Phi) is 4.06. The lowest BCUT2D eigenvalue weighted by Gasteiger charge is -2.08. The number of nitrogens with zero attached hydrogens (tertiary/aromatic N) is 2. The number of carboxylic acid groups (broad SMARTS) is 1. The van der Waals surface area contributed by atoms with Crippen LogP contribution in [0.15, 0.2) is 48.5 Å². The van der Waals surface area contributed by atoms with E-state index in [-0.39, 0.29) is 5.69 Å². The summed E-state index contributed by atoms with van der Waals surface area (Å²) in [6.07, 6.45) is 1.01. The monoisotopic (exact) mass is 306 g/mol. The summed E-state index contributed by atoms with van der Waals surface area (Å²) >= 11 is 0. The summed E-state index contributed by atoms with van der Waals surface area (Å²) in [5, 5.41) is 9.96. The van der Waals surface area contributed by atoms with Gasteiger partial charge in [-0.15, -0.1) is 0 Å². The van der Waals surface area contributed by atoms with Gasteiger partial charge in [-0.25, -0.2) is 14.8 Å². The van der Waals surface area contributed by atoms with E-state index in [9.17, 15) is 9.90 Å².